The van der Waals surface area contributed by atoms with Gasteiger partial charge in [-0.05, 0) is 18.9 Å². The third-order valence-electron chi connectivity index (χ3n) is 3.21. The third kappa shape index (κ3) is 2.00. The molecular weight excluding hydrogens is 293 g/mol. The molecule has 0 amide bonds. The van der Waals surface area contributed by atoms with Crippen LogP contribution in [-0.2, 0) is 6.18 Å². The molecule has 3 rings (SSSR count). The number of thiophene rings is 1. The second-order valence-electron chi connectivity index (χ2n) is 4.70. The predicted octanol–water partition coefficient (Wildman–Crippen LogP) is 3.47. The van der Waals surface area contributed by atoms with Crippen molar-refractivity contribution < 1.29 is 23.1 Å². The number of halogens is 3. The van der Waals surface area contributed by atoms with Gasteiger partial charge < -0.3 is 10.8 Å². The zero-order valence-corrected chi connectivity index (χ0v) is 10.8. The third-order valence-corrected chi connectivity index (χ3v) is 4.30. The topological polar surface area (TPSA) is 76.2 Å². The predicted molar refractivity (Wildman–Crippen MR) is 68.0 cm³/mol. The molecule has 8 heteroatoms. The molecule has 106 valence electrons. The molecule has 2 heterocycles. The van der Waals surface area contributed by atoms with Crippen molar-refractivity contribution in [1.29, 1.82) is 0 Å². The lowest BCUT2D eigenvalue weighted by atomic mass is 10.1. The molecule has 0 spiro atoms. The summed E-state index contributed by atoms with van der Waals surface area (Å²) in [6.45, 7) is 0. The average molecular weight is 302 g/mol. The molecule has 1 aliphatic carbocycles. The summed E-state index contributed by atoms with van der Waals surface area (Å²) in [6, 6.07) is 0.995. The Bertz CT molecular complexity index is 720. The highest BCUT2D eigenvalue weighted by Crippen LogP contribution is 2.46. The Kier molecular flexibility index (Phi) is 2.69. The molecule has 2 aromatic heterocycles. The van der Waals surface area contributed by atoms with Gasteiger partial charge in [0.15, 0.2) is 0 Å². The minimum atomic E-state index is -4.59. The first-order valence-electron chi connectivity index (χ1n) is 5.82. The Balaban J connectivity index is 2.35. The van der Waals surface area contributed by atoms with Crippen molar-refractivity contribution in [1.82, 2.24) is 4.98 Å². The van der Waals surface area contributed by atoms with E-state index in [9.17, 15) is 18.0 Å². The number of nitrogens with zero attached hydrogens (tertiary/aromatic N) is 1. The molecule has 2 aromatic rings. The van der Waals surface area contributed by atoms with Crippen molar-refractivity contribution in [2.24, 2.45) is 0 Å². The molecule has 3 N–H and O–H groups in total. The average Bonchev–Trinajstić information content (AvgIpc) is 3.12. The monoisotopic (exact) mass is 302 g/mol. The first kappa shape index (κ1) is 13.2. The van der Waals surface area contributed by atoms with Crippen LogP contribution in [0.2, 0.25) is 0 Å². The normalized spacial score (nSPS) is 15.8. The number of anilines is 1. The Morgan fingerprint density at radius 2 is 2.10 bits per heavy atom. The van der Waals surface area contributed by atoms with Gasteiger partial charge in [-0.1, -0.05) is 0 Å². The molecule has 0 aliphatic heterocycles. The fourth-order valence-corrected chi connectivity index (χ4v) is 3.08. The van der Waals surface area contributed by atoms with Gasteiger partial charge in [0.2, 0.25) is 0 Å². The molecular formula is C12H9F3N2O2S. The van der Waals surface area contributed by atoms with E-state index < -0.39 is 17.7 Å². The highest BCUT2D eigenvalue weighted by Gasteiger charge is 2.38. The van der Waals surface area contributed by atoms with Gasteiger partial charge in [-0.2, -0.15) is 13.2 Å². The molecule has 1 saturated carbocycles. The number of hydrogen-bond acceptors (Lipinski definition) is 4. The summed E-state index contributed by atoms with van der Waals surface area (Å²) in [4.78, 5) is 14.9. The van der Waals surface area contributed by atoms with Gasteiger partial charge in [0.25, 0.3) is 0 Å². The number of nitrogens with two attached hydrogens (primary N) is 1. The van der Waals surface area contributed by atoms with Crippen molar-refractivity contribution in [2.45, 2.75) is 24.9 Å². The largest absolute Gasteiger partial charge is 0.477 e. The van der Waals surface area contributed by atoms with E-state index in [0.717, 1.165) is 18.9 Å². The van der Waals surface area contributed by atoms with Crippen LogP contribution in [0.15, 0.2) is 6.07 Å². The summed E-state index contributed by atoms with van der Waals surface area (Å²) in [5, 5.41) is 8.67. The molecule has 1 aliphatic rings. The molecule has 0 atom stereocenters. The number of hydrogen-bond donors (Lipinski definition) is 2. The fraction of sp³-hybridized carbons (Fsp3) is 0.333. The van der Waals surface area contributed by atoms with E-state index in [0.29, 0.717) is 17.0 Å². The van der Waals surface area contributed by atoms with Crippen molar-refractivity contribution in [3.8, 4) is 0 Å². The summed E-state index contributed by atoms with van der Waals surface area (Å²) in [5.74, 6) is -1.30. The van der Waals surface area contributed by atoms with Crippen LogP contribution < -0.4 is 5.73 Å². The smallest absolute Gasteiger partial charge is 0.417 e. The van der Waals surface area contributed by atoms with Gasteiger partial charge in [-0.25, -0.2) is 9.78 Å². The Morgan fingerprint density at radius 1 is 1.45 bits per heavy atom. The summed E-state index contributed by atoms with van der Waals surface area (Å²) in [7, 11) is 0. The molecule has 0 saturated heterocycles. The summed E-state index contributed by atoms with van der Waals surface area (Å²) in [5.41, 5.74) is 4.67. The highest BCUT2D eigenvalue weighted by atomic mass is 32.1. The second kappa shape index (κ2) is 4.08. The minimum absolute atomic E-state index is 0.0385. The number of carboxylic acid groups (broad SMARTS) is 1. The van der Waals surface area contributed by atoms with Crippen molar-refractivity contribution >= 4 is 33.2 Å². The number of fused-ring (bicyclic) bond motifs is 1. The fourth-order valence-electron chi connectivity index (χ4n) is 2.11. The van der Waals surface area contributed by atoms with E-state index in [-0.39, 0.29) is 26.7 Å². The maximum absolute atomic E-state index is 13.1. The van der Waals surface area contributed by atoms with Crippen molar-refractivity contribution in [2.75, 3.05) is 5.73 Å². The van der Waals surface area contributed by atoms with Gasteiger partial charge in [0.1, 0.15) is 9.71 Å². The lowest BCUT2D eigenvalue weighted by Crippen LogP contribution is -2.08. The van der Waals surface area contributed by atoms with Gasteiger partial charge in [-0.3, -0.25) is 0 Å². The van der Waals surface area contributed by atoms with E-state index in [1.807, 2.05) is 0 Å². The van der Waals surface area contributed by atoms with Gasteiger partial charge >= 0.3 is 12.1 Å². The lowest BCUT2D eigenvalue weighted by molar-refractivity contribution is -0.136. The van der Waals surface area contributed by atoms with Crippen LogP contribution in [0.1, 0.15) is 39.7 Å². The van der Waals surface area contributed by atoms with Crippen molar-refractivity contribution in [3.63, 3.8) is 0 Å². The highest BCUT2D eigenvalue weighted by molar-refractivity contribution is 7.21. The van der Waals surface area contributed by atoms with Crippen LogP contribution in [0.3, 0.4) is 0 Å². The van der Waals surface area contributed by atoms with E-state index in [1.165, 1.54) is 0 Å². The molecule has 4 nitrogen and oxygen atoms in total. The molecule has 0 unspecified atom stereocenters. The Morgan fingerprint density at radius 3 is 2.60 bits per heavy atom. The molecule has 20 heavy (non-hydrogen) atoms. The molecule has 0 aromatic carbocycles. The standard InChI is InChI=1S/C12H9F3N2O2S/c13-12(14,15)5-3-6(4-1-2-4)17-10-7(5)8(16)9(20-10)11(18)19/h3-4H,1-2,16H2,(H,18,19). The lowest BCUT2D eigenvalue weighted by Gasteiger charge is -2.10. The Hall–Kier alpha value is -1.83. The van der Waals surface area contributed by atoms with Crippen LogP contribution >= 0.6 is 11.3 Å². The van der Waals surface area contributed by atoms with Crippen LogP contribution in [0.4, 0.5) is 18.9 Å². The quantitative estimate of drug-likeness (QED) is 0.890. The molecule has 0 radical (unpaired) electrons. The number of aromatic nitrogens is 1. The van der Waals surface area contributed by atoms with Gasteiger partial charge in [0.05, 0.1) is 11.3 Å². The van der Waals surface area contributed by atoms with E-state index >= 15 is 0 Å². The SMILES string of the molecule is Nc1c(C(=O)O)sc2nc(C3CC3)cc(C(F)(F)F)c12. The maximum atomic E-state index is 13.1. The zero-order chi connectivity index (χ0) is 14.7. The van der Waals surface area contributed by atoms with E-state index in [1.54, 1.807) is 0 Å². The molecule has 0 bridgehead atoms. The first-order valence-corrected chi connectivity index (χ1v) is 6.64. The van der Waals surface area contributed by atoms with Crippen molar-refractivity contribution in [3.05, 3.63) is 22.2 Å². The van der Waals surface area contributed by atoms with Crippen LogP contribution in [0, 0.1) is 0 Å². The number of alkyl halides is 3. The van der Waals surface area contributed by atoms with E-state index in [2.05, 4.69) is 4.98 Å². The Labute approximate surface area is 115 Å². The number of carboxylic acids is 1. The van der Waals surface area contributed by atoms with Gasteiger partial charge in [0, 0.05) is 17.0 Å². The second-order valence-corrected chi connectivity index (χ2v) is 5.70. The molecule has 1 fully saturated rings. The minimum Gasteiger partial charge on any atom is -0.477 e. The number of pyridine rings is 1. The number of carbonyl (C=O) groups is 1. The number of nitrogen functional groups attached to an aromatic ring is 1. The van der Waals surface area contributed by atoms with Gasteiger partial charge in [-0.15, -0.1) is 11.3 Å². The zero-order valence-electron chi connectivity index (χ0n) is 9.99. The van der Waals surface area contributed by atoms with E-state index in [4.69, 9.17) is 10.8 Å². The van der Waals surface area contributed by atoms with Crippen LogP contribution in [0.5, 0.6) is 0 Å². The first-order chi connectivity index (χ1) is 9.29. The summed E-state index contributed by atoms with van der Waals surface area (Å²) in [6.07, 6.45) is -2.97. The summed E-state index contributed by atoms with van der Waals surface area (Å²) < 4.78 is 39.4. The maximum Gasteiger partial charge on any atom is 0.417 e. The number of rotatable bonds is 2. The number of aromatic carboxylic acids is 1. The van der Waals surface area contributed by atoms with Crippen LogP contribution in [0.25, 0.3) is 10.2 Å². The summed E-state index contributed by atoms with van der Waals surface area (Å²) >= 11 is 0.686. The van der Waals surface area contributed by atoms with Crippen LogP contribution in [-0.4, -0.2) is 16.1 Å².